The zero-order chi connectivity index (χ0) is 8.59. The van der Waals surface area contributed by atoms with Crippen molar-refractivity contribution in [3.05, 3.63) is 16.0 Å². The molecule has 0 unspecified atom stereocenters. The Labute approximate surface area is 61.2 Å². The summed E-state index contributed by atoms with van der Waals surface area (Å²) in [7, 11) is 1.40. The van der Waals surface area contributed by atoms with Gasteiger partial charge in [0.05, 0.1) is 0 Å². The van der Waals surface area contributed by atoms with Crippen LogP contribution in [0.5, 0.6) is 0 Å². The van der Waals surface area contributed by atoms with Crippen LogP contribution in [0.1, 0.15) is 10.5 Å². The molecule has 4 N–H and O–H groups in total. The average molecular weight is 157 g/mol. The molecule has 0 radical (unpaired) electrons. The van der Waals surface area contributed by atoms with Crippen molar-refractivity contribution in [2.24, 2.45) is 7.05 Å². The van der Waals surface area contributed by atoms with Crippen molar-refractivity contribution in [3.63, 3.8) is 0 Å². The Morgan fingerprint density at radius 3 is 2.45 bits per heavy atom. The van der Waals surface area contributed by atoms with Gasteiger partial charge in [-0.15, -0.1) is 0 Å². The second-order valence-corrected chi connectivity index (χ2v) is 2.07. The first-order valence-electron chi connectivity index (χ1n) is 2.81. The van der Waals surface area contributed by atoms with E-state index in [1.54, 1.807) is 0 Å². The van der Waals surface area contributed by atoms with Crippen molar-refractivity contribution >= 4 is 11.7 Å². The van der Waals surface area contributed by atoms with Gasteiger partial charge in [-0.05, 0) is 0 Å². The smallest absolute Gasteiger partial charge is 0.356 e. The fraction of sp³-hybridized carbons (Fsp3) is 0.200. The van der Waals surface area contributed by atoms with E-state index in [0.29, 0.717) is 0 Å². The predicted octanol–water partition coefficient (Wildman–Crippen LogP) is -1.01. The predicted molar refractivity (Wildman–Crippen MR) is 37.4 cm³/mol. The Bertz CT molecular complexity index is 348. The number of carbonyl (C=O) groups is 1. The third kappa shape index (κ3) is 0.977. The van der Waals surface area contributed by atoms with E-state index >= 15 is 0 Å². The molecule has 11 heavy (non-hydrogen) atoms. The summed E-state index contributed by atoms with van der Waals surface area (Å²) >= 11 is 0. The second-order valence-electron chi connectivity index (χ2n) is 2.07. The lowest BCUT2D eigenvalue weighted by Gasteiger charge is -1.94. The first-order chi connectivity index (χ1) is 5.04. The number of aromatic nitrogens is 2. The van der Waals surface area contributed by atoms with Crippen molar-refractivity contribution in [2.45, 2.75) is 0 Å². The molecule has 0 amide bonds. The summed E-state index contributed by atoms with van der Waals surface area (Å²) in [5.41, 5.74) is 4.10. The molecule has 0 bridgehead atoms. The van der Waals surface area contributed by atoms with E-state index in [0.717, 1.165) is 4.68 Å². The van der Waals surface area contributed by atoms with E-state index in [1.807, 2.05) is 0 Å². The van der Waals surface area contributed by atoms with Gasteiger partial charge in [-0.1, -0.05) is 0 Å². The molecule has 0 spiro atoms. The highest BCUT2D eigenvalue weighted by molar-refractivity contribution is 5.91. The first kappa shape index (κ1) is 7.39. The van der Waals surface area contributed by atoms with E-state index in [9.17, 15) is 9.59 Å². The van der Waals surface area contributed by atoms with Crippen molar-refractivity contribution in [3.8, 4) is 0 Å². The number of nitrogen functional groups attached to an aromatic ring is 1. The maximum absolute atomic E-state index is 10.7. The number of anilines is 1. The summed E-state index contributed by atoms with van der Waals surface area (Å²) in [6.07, 6.45) is 0. The molecule has 1 heterocycles. The molecular weight excluding hydrogens is 150 g/mol. The number of rotatable bonds is 1. The Kier molecular flexibility index (Phi) is 1.45. The minimum absolute atomic E-state index is 0.213. The molecule has 0 atom stereocenters. The van der Waals surface area contributed by atoms with Crippen LogP contribution in [0, 0.1) is 0 Å². The van der Waals surface area contributed by atoms with Gasteiger partial charge in [0.2, 0.25) is 0 Å². The zero-order valence-corrected chi connectivity index (χ0v) is 5.79. The summed E-state index contributed by atoms with van der Waals surface area (Å²) in [5.74, 6) is -1.22. The Balaban J connectivity index is 3.46. The van der Waals surface area contributed by atoms with E-state index in [-0.39, 0.29) is 11.4 Å². The quantitative estimate of drug-likeness (QED) is 0.486. The number of H-pyrrole nitrogens is 1. The molecule has 0 saturated heterocycles. The minimum atomic E-state index is -1.22. The molecule has 1 aromatic heterocycles. The highest BCUT2D eigenvalue weighted by Crippen LogP contribution is 2.02. The monoisotopic (exact) mass is 157 g/mol. The third-order valence-electron chi connectivity index (χ3n) is 1.31. The molecule has 1 aromatic rings. The number of aromatic amines is 1. The molecule has 0 aliphatic carbocycles. The Morgan fingerprint density at radius 2 is 2.27 bits per heavy atom. The standard InChI is InChI=1S/C5H7N3O3/c1-8-3(5(10)11)2(6)4(9)7-8/h6H2,1H3,(H,7,9)(H,10,11). The normalized spacial score (nSPS) is 9.91. The van der Waals surface area contributed by atoms with Gasteiger partial charge in [0.25, 0.3) is 5.56 Å². The van der Waals surface area contributed by atoms with Crippen LogP contribution >= 0.6 is 0 Å². The van der Waals surface area contributed by atoms with Crippen molar-refractivity contribution in [2.75, 3.05) is 5.73 Å². The van der Waals surface area contributed by atoms with Crippen LogP contribution in [-0.2, 0) is 7.05 Å². The van der Waals surface area contributed by atoms with Gasteiger partial charge in [0.15, 0.2) is 5.69 Å². The van der Waals surface area contributed by atoms with Crippen LogP contribution in [-0.4, -0.2) is 20.9 Å². The van der Waals surface area contributed by atoms with E-state index in [2.05, 4.69) is 5.10 Å². The molecule has 0 aliphatic heterocycles. The summed E-state index contributed by atoms with van der Waals surface area (Å²) in [6, 6.07) is 0. The van der Waals surface area contributed by atoms with Crippen LogP contribution in [0.15, 0.2) is 4.79 Å². The largest absolute Gasteiger partial charge is 0.476 e. The Morgan fingerprint density at radius 1 is 1.73 bits per heavy atom. The highest BCUT2D eigenvalue weighted by atomic mass is 16.4. The lowest BCUT2D eigenvalue weighted by molar-refractivity contribution is 0.0686. The van der Waals surface area contributed by atoms with Crippen LogP contribution in [0.3, 0.4) is 0 Å². The van der Waals surface area contributed by atoms with Crippen LogP contribution in [0.25, 0.3) is 0 Å². The zero-order valence-electron chi connectivity index (χ0n) is 5.79. The second kappa shape index (κ2) is 2.15. The number of nitrogens with zero attached hydrogens (tertiary/aromatic N) is 1. The average Bonchev–Trinajstić information content (AvgIpc) is 2.07. The number of nitrogens with one attached hydrogen (secondary N) is 1. The molecule has 60 valence electrons. The maximum atomic E-state index is 10.7. The van der Waals surface area contributed by atoms with Crippen molar-refractivity contribution < 1.29 is 9.90 Å². The van der Waals surface area contributed by atoms with Gasteiger partial charge < -0.3 is 10.8 Å². The van der Waals surface area contributed by atoms with Gasteiger partial charge in [0, 0.05) is 7.05 Å². The summed E-state index contributed by atoms with van der Waals surface area (Å²) < 4.78 is 1.07. The lowest BCUT2D eigenvalue weighted by Crippen LogP contribution is -2.08. The van der Waals surface area contributed by atoms with Gasteiger partial charge in [-0.3, -0.25) is 14.6 Å². The summed E-state index contributed by atoms with van der Waals surface area (Å²) in [6.45, 7) is 0. The number of carboxylic acid groups (broad SMARTS) is 1. The van der Waals surface area contributed by atoms with Gasteiger partial charge in [-0.2, -0.15) is 0 Å². The third-order valence-corrected chi connectivity index (χ3v) is 1.31. The maximum Gasteiger partial charge on any atom is 0.356 e. The number of aromatic carboxylic acids is 1. The molecule has 6 heteroatoms. The summed E-state index contributed by atoms with van der Waals surface area (Å²) in [4.78, 5) is 21.1. The summed E-state index contributed by atoms with van der Waals surface area (Å²) in [5, 5.41) is 10.7. The minimum Gasteiger partial charge on any atom is -0.476 e. The number of hydrogen-bond acceptors (Lipinski definition) is 3. The number of aryl methyl sites for hydroxylation is 1. The molecular formula is C5H7N3O3. The lowest BCUT2D eigenvalue weighted by atomic mass is 10.4. The Hall–Kier alpha value is -1.72. The fourth-order valence-corrected chi connectivity index (χ4v) is 0.815. The number of carboxylic acids is 1. The van der Waals surface area contributed by atoms with E-state index in [4.69, 9.17) is 10.8 Å². The molecule has 0 aliphatic rings. The van der Waals surface area contributed by atoms with Crippen LogP contribution < -0.4 is 11.3 Å². The van der Waals surface area contributed by atoms with Crippen molar-refractivity contribution in [1.82, 2.24) is 9.78 Å². The van der Waals surface area contributed by atoms with Crippen molar-refractivity contribution in [1.29, 1.82) is 0 Å². The molecule has 1 rings (SSSR count). The number of hydrogen-bond donors (Lipinski definition) is 3. The van der Waals surface area contributed by atoms with Crippen LogP contribution in [0.4, 0.5) is 5.69 Å². The van der Waals surface area contributed by atoms with E-state index < -0.39 is 11.5 Å². The van der Waals surface area contributed by atoms with Gasteiger partial charge >= 0.3 is 5.97 Å². The van der Waals surface area contributed by atoms with Gasteiger partial charge in [0.1, 0.15) is 5.69 Å². The molecule has 0 fully saturated rings. The highest BCUT2D eigenvalue weighted by Gasteiger charge is 2.15. The van der Waals surface area contributed by atoms with E-state index in [1.165, 1.54) is 7.05 Å². The molecule has 0 aromatic carbocycles. The van der Waals surface area contributed by atoms with Crippen LogP contribution in [0.2, 0.25) is 0 Å². The van der Waals surface area contributed by atoms with Gasteiger partial charge in [-0.25, -0.2) is 4.79 Å². The number of nitrogens with two attached hydrogens (primary N) is 1. The topological polar surface area (TPSA) is 101 Å². The SMILES string of the molecule is Cn1[nH]c(=O)c(N)c1C(=O)O. The molecule has 0 saturated carbocycles. The molecule has 6 nitrogen and oxygen atoms in total. The fourth-order valence-electron chi connectivity index (χ4n) is 0.815. The first-order valence-corrected chi connectivity index (χ1v) is 2.81.